The lowest BCUT2D eigenvalue weighted by Crippen LogP contribution is -2.38. The van der Waals surface area contributed by atoms with Crippen LogP contribution >= 0.6 is 11.3 Å². The van der Waals surface area contributed by atoms with Crippen LogP contribution in [0.15, 0.2) is 28.2 Å². The number of thiophene rings is 1. The van der Waals surface area contributed by atoms with Gasteiger partial charge in [0.2, 0.25) is 0 Å². The van der Waals surface area contributed by atoms with Gasteiger partial charge in [0.05, 0.1) is 0 Å². The summed E-state index contributed by atoms with van der Waals surface area (Å²) >= 11 is 1.82. The van der Waals surface area contributed by atoms with Gasteiger partial charge in [-0.05, 0) is 62.1 Å². The molecule has 0 atom stereocenters. The van der Waals surface area contributed by atoms with Crippen molar-refractivity contribution in [2.24, 2.45) is 11.8 Å². The summed E-state index contributed by atoms with van der Waals surface area (Å²) in [5.74, 6) is 1.87. The number of carbonyl (C=O) groups is 1. The molecule has 1 saturated carbocycles. The van der Waals surface area contributed by atoms with Crippen molar-refractivity contribution in [1.82, 2.24) is 15.2 Å². The molecule has 0 bridgehead atoms. The van der Waals surface area contributed by atoms with Crippen molar-refractivity contribution >= 4 is 17.2 Å². The highest BCUT2D eigenvalue weighted by Gasteiger charge is 2.25. The van der Waals surface area contributed by atoms with E-state index in [1.54, 1.807) is 0 Å². The van der Waals surface area contributed by atoms with Crippen LogP contribution in [0, 0.1) is 11.8 Å². The predicted octanol–water partition coefficient (Wildman–Crippen LogP) is 3.33. The summed E-state index contributed by atoms with van der Waals surface area (Å²) < 4.78 is 5.41. The second-order valence-corrected chi connectivity index (χ2v) is 8.32. The molecule has 0 spiro atoms. The fourth-order valence-corrected chi connectivity index (χ4v) is 4.12. The van der Waals surface area contributed by atoms with E-state index in [4.69, 9.17) is 4.42 Å². The number of nitrogens with zero attached hydrogens (tertiary/aromatic N) is 2. The number of likely N-dealkylation sites (tertiary alicyclic amines) is 1. The van der Waals surface area contributed by atoms with Crippen LogP contribution in [0.4, 0.5) is 0 Å². The largest absolute Gasteiger partial charge is 0.448 e. The first-order chi connectivity index (χ1) is 12.3. The summed E-state index contributed by atoms with van der Waals surface area (Å²) in [5.41, 5.74) is 0.422. The average Bonchev–Trinajstić information content (AvgIpc) is 3.09. The number of rotatable bonds is 7. The first-order valence-electron chi connectivity index (χ1n) is 9.23. The van der Waals surface area contributed by atoms with Crippen molar-refractivity contribution in [1.29, 1.82) is 0 Å². The Kier molecular flexibility index (Phi) is 5.17. The predicted molar refractivity (Wildman–Crippen MR) is 97.6 cm³/mol. The van der Waals surface area contributed by atoms with E-state index >= 15 is 0 Å². The molecule has 1 amide bonds. The SMILES string of the molecule is O=C(NCC1CCN(Cc2cccs2)CC1)c1coc(CC2CC2)n1. The Labute approximate surface area is 152 Å². The van der Waals surface area contributed by atoms with Crippen LogP contribution in [-0.2, 0) is 13.0 Å². The molecule has 3 heterocycles. The third-order valence-corrected chi connectivity index (χ3v) is 6.02. The molecule has 25 heavy (non-hydrogen) atoms. The maximum Gasteiger partial charge on any atom is 0.273 e. The minimum atomic E-state index is -0.105. The monoisotopic (exact) mass is 359 g/mol. The highest BCUT2D eigenvalue weighted by atomic mass is 32.1. The molecule has 1 aliphatic carbocycles. The van der Waals surface area contributed by atoms with Crippen LogP contribution in [0.5, 0.6) is 0 Å². The third-order valence-electron chi connectivity index (χ3n) is 5.16. The van der Waals surface area contributed by atoms with Crippen molar-refractivity contribution in [3.05, 3.63) is 40.2 Å². The summed E-state index contributed by atoms with van der Waals surface area (Å²) in [6.07, 6.45) is 7.16. The molecule has 0 aromatic carbocycles. The van der Waals surface area contributed by atoms with Crippen LogP contribution in [0.25, 0.3) is 0 Å². The number of nitrogens with one attached hydrogen (secondary N) is 1. The number of carbonyl (C=O) groups excluding carboxylic acids is 1. The van der Waals surface area contributed by atoms with Gasteiger partial charge in [-0.3, -0.25) is 9.69 Å². The third kappa shape index (κ3) is 4.70. The van der Waals surface area contributed by atoms with E-state index in [9.17, 15) is 4.79 Å². The fraction of sp³-hybridized carbons (Fsp3) is 0.579. The van der Waals surface area contributed by atoms with E-state index < -0.39 is 0 Å². The van der Waals surface area contributed by atoms with Crippen molar-refractivity contribution in [2.45, 2.75) is 38.6 Å². The summed E-state index contributed by atoms with van der Waals surface area (Å²) in [4.78, 5) is 20.5. The minimum absolute atomic E-state index is 0.105. The van der Waals surface area contributed by atoms with E-state index in [0.717, 1.165) is 45.4 Å². The van der Waals surface area contributed by atoms with E-state index in [-0.39, 0.29) is 5.91 Å². The molecule has 1 N–H and O–H groups in total. The number of hydrogen-bond acceptors (Lipinski definition) is 5. The molecule has 0 radical (unpaired) electrons. The van der Waals surface area contributed by atoms with Gasteiger partial charge in [-0.25, -0.2) is 4.98 Å². The molecule has 6 heteroatoms. The van der Waals surface area contributed by atoms with Gasteiger partial charge in [0.25, 0.3) is 5.91 Å². The van der Waals surface area contributed by atoms with Gasteiger partial charge in [-0.2, -0.15) is 0 Å². The number of amides is 1. The molecule has 2 fully saturated rings. The Hall–Kier alpha value is -1.66. The minimum Gasteiger partial charge on any atom is -0.448 e. The van der Waals surface area contributed by atoms with Crippen LogP contribution in [0.2, 0.25) is 0 Å². The van der Waals surface area contributed by atoms with Crippen LogP contribution in [0.1, 0.15) is 46.9 Å². The highest BCUT2D eigenvalue weighted by molar-refractivity contribution is 7.09. The fourth-order valence-electron chi connectivity index (χ4n) is 3.38. The standard InChI is InChI=1S/C19H25N3O2S/c23-19(17-13-24-18(21-17)10-14-3-4-14)20-11-15-5-7-22(8-6-15)12-16-2-1-9-25-16/h1-2,9,13-15H,3-8,10-12H2,(H,20,23). The van der Waals surface area contributed by atoms with Crippen molar-refractivity contribution in [3.8, 4) is 0 Å². The van der Waals surface area contributed by atoms with E-state index in [2.05, 4.69) is 32.7 Å². The molecule has 1 aliphatic heterocycles. The highest BCUT2D eigenvalue weighted by Crippen LogP contribution is 2.32. The molecule has 1 saturated heterocycles. The summed E-state index contributed by atoms with van der Waals surface area (Å²) in [7, 11) is 0. The van der Waals surface area contributed by atoms with Gasteiger partial charge in [0, 0.05) is 24.4 Å². The Balaban J connectivity index is 1.18. The number of hydrogen-bond donors (Lipinski definition) is 1. The van der Waals surface area contributed by atoms with Crippen LogP contribution in [0.3, 0.4) is 0 Å². The summed E-state index contributed by atoms with van der Waals surface area (Å²) in [6.45, 7) is 4.00. The van der Waals surface area contributed by atoms with Crippen molar-refractivity contribution < 1.29 is 9.21 Å². The van der Waals surface area contributed by atoms with Gasteiger partial charge in [0.1, 0.15) is 6.26 Å². The first kappa shape index (κ1) is 16.8. The Morgan fingerprint density at radius 3 is 2.84 bits per heavy atom. The second kappa shape index (κ2) is 7.70. The molecule has 134 valence electrons. The maximum atomic E-state index is 12.2. The van der Waals surface area contributed by atoms with Crippen LogP contribution < -0.4 is 5.32 Å². The summed E-state index contributed by atoms with van der Waals surface area (Å²) in [5, 5.41) is 5.17. The Morgan fingerprint density at radius 1 is 1.28 bits per heavy atom. The number of oxazole rings is 1. The molecular weight excluding hydrogens is 334 g/mol. The van der Waals surface area contributed by atoms with E-state index in [0.29, 0.717) is 23.4 Å². The Bertz CT molecular complexity index is 685. The van der Waals surface area contributed by atoms with Gasteiger partial charge in [-0.1, -0.05) is 6.07 Å². The normalized spacial score (nSPS) is 19.2. The van der Waals surface area contributed by atoms with E-state index in [1.807, 2.05) is 11.3 Å². The van der Waals surface area contributed by atoms with Crippen molar-refractivity contribution in [2.75, 3.05) is 19.6 Å². The zero-order valence-electron chi connectivity index (χ0n) is 14.4. The molecule has 0 unspecified atom stereocenters. The van der Waals surface area contributed by atoms with Crippen LogP contribution in [-0.4, -0.2) is 35.4 Å². The topological polar surface area (TPSA) is 58.4 Å². The molecule has 5 nitrogen and oxygen atoms in total. The molecular formula is C19H25N3O2S. The molecule has 2 aromatic rings. The number of aromatic nitrogens is 1. The molecule has 2 aromatic heterocycles. The lowest BCUT2D eigenvalue weighted by molar-refractivity contribution is 0.0930. The van der Waals surface area contributed by atoms with Gasteiger partial charge in [0.15, 0.2) is 11.6 Å². The lowest BCUT2D eigenvalue weighted by atomic mass is 9.96. The maximum absolute atomic E-state index is 12.2. The smallest absolute Gasteiger partial charge is 0.273 e. The molecule has 4 rings (SSSR count). The Morgan fingerprint density at radius 2 is 2.12 bits per heavy atom. The van der Waals surface area contributed by atoms with Crippen molar-refractivity contribution in [3.63, 3.8) is 0 Å². The zero-order chi connectivity index (χ0) is 17.1. The quantitative estimate of drug-likeness (QED) is 0.824. The zero-order valence-corrected chi connectivity index (χ0v) is 15.3. The first-order valence-corrected chi connectivity index (χ1v) is 10.1. The number of piperidine rings is 1. The summed E-state index contributed by atoms with van der Waals surface area (Å²) in [6, 6.07) is 4.31. The lowest BCUT2D eigenvalue weighted by Gasteiger charge is -2.31. The van der Waals surface area contributed by atoms with Gasteiger partial charge >= 0.3 is 0 Å². The molecule has 2 aliphatic rings. The van der Waals surface area contributed by atoms with E-state index in [1.165, 1.54) is 24.0 Å². The van der Waals surface area contributed by atoms with Gasteiger partial charge in [-0.15, -0.1) is 11.3 Å². The average molecular weight is 359 g/mol. The van der Waals surface area contributed by atoms with Gasteiger partial charge < -0.3 is 9.73 Å². The second-order valence-electron chi connectivity index (χ2n) is 7.28.